The Hall–Kier alpha value is -5.72. The zero-order chi connectivity index (χ0) is 45.8. The van der Waals surface area contributed by atoms with E-state index in [2.05, 4.69) is 62.4 Å². The standard InChI is InChI=1S/C54H58N2O8S2/c1-3-7-35-11-15-37(16-12-35)19-31-47(57)61-41-25-21-39(22-26-41)53(59)63-43-29-30-44(50-49(43)55-51(45-9-5-33-65-45)52(56-50)46-10-6-34-66-46)64-54(60)40-23-27-42(28-24-40)62-48(58)32-20-38-17-13-36(8-4-2)14-18-38/h5-6,9-18,29-30,33-34,39-42H,3-4,7-8,19-28,31-32H2,1-2H3. The van der Waals surface area contributed by atoms with Gasteiger partial charge in [0.25, 0.3) is 0 Å². The van der Waals surface area contributed by atoms with Crippen molar-refractivity contribution in [2.75, 3.05) is 0 Å². The Morgan fingerprint density at radius 1 is 0.500 bits per heavy atom. The van der Waals surface area contributed by atoms with Crippen LogP contribution in [0.4, 0.5) is 0 Å². The molecule has 0 amide bonds. The van der Waals surface area contributed by atoms with E-state index in [9.17, 15) is 19.2 Å². The zero-order valence-corrected chi connectivity index (χ0v) is 39.5. The summed E-state index contributed by atoms with van der Waals surface area (Å²) >= 11 is 3.06. The van der Waals surface area contributed by atoms with Gasteiger partial charge in [-0.1, -0.05) is 87.4 Å². The van der Waals surface area contributed by atoms with Crippen LogP contribution < -0.4 is 9.47 Å². The molecule has 10 nitrogen and oxygen atoms in total. The van der Waals surface area contributed by atoms with Gasteiger partial charge in [0.2, 0.25) is 0 Å². The van der Waals surface area contributed by atoms with Gasteiger partial charge in [0.05, 0.1) is 21.6 Å². The van der Waals surface area contributed by atoms with Gasteiger partial charge >= 0.3 is 23.9 Å². The van der Waals surface area contributed by atoms with Gasteiger partial charge in [0.1, 0.15) is 34.6 Å². The number of esters is 4. The molecule has 0 spiro atoms. The molecule has 0 aliphatic heterocycles. The summed E-state index contributed by atoms with van der Waals surface area (Å²) in [6.07, 6.45) is 10.0. The second-order valence-electron chi connectivity index (χ2n) is 17.5. The third-order valence-electron chi connectivity index (χ3n) is 12.6. The van der Waals surface area contributed by atoms with E-state index in [4.69, 9.17) is 28.9 Å². The number of carbonyl (C=O) groups excluding carboxylic acids is 4. The van der Waals surface area contributed by atoms with Crippen molar-refractivity contribution in [3.63, 3.8) is 0 Å². The molecule has 2 aliphatic rings. The molecule has 8 rings (SSSR count). The van der Waals surface area contributed by atoms with Crippen LogP contribution in [0.25, 0.3) is 32.2 Å². The maximum atomic E-state index is 13.8. The molecule has 3 heterocycles. The quantitative estimate of drug-likeness (QED) is 0.0606. The van der Waals surface area contributed by atoms with Crippen LogP contribution in [0.3, 0.4) is 0 Å². The summed E-state index contributed by atoms with van der Waals surface area (Å²) in [7, 11) is 0. The van der Waals surface area contributed by atoms with Gasteiger partial charge in [-0.15, -0.1) is 22.7 Å². The average Bonchev–Trinajstić information content (AvgIpc) is 4.09. The number of hydrogen-bond acceptors (Lipinski definition) is 12. The topological polar surface area (TPSA) is 131 Å². The maximum Gasteiger partial charge on any atom is 0.314 e. The first-order valence-electron chi connectivity index (χ1n) is 23.6. The highest BCUT2D eigenvalue weighted by atomic mass is 32.1. The van der Waals surface area contributed by atoms with Crippen molar-refractivity contribution in [2.24, 2.45) is 11.8 Å². The Morgan fingerprint density at radius 2 is 0.864 bits per heavy atom. The Morgan fingerprint density at radius 3 is 1.20 bits per heavy atom. The minimum Gasteiger partial charge on any atom is -0.462 e. The summed E-state index contributed by atoms with van der Waals surface area (Å²) in [5.41, 5.74) is 6.71. The largest absolute Gasteiger partial charge is 0.462 e. The van der Waals surface area contributed by atoms with Crippen molar-refractivity contribution in [3.8, 4) is 32.6 Å². The summed E-state index contributed by atoms with van der Waals surface area (Å²) in [6, 6.07) is 27.9. The van der Waals surface area contributed by atoms with Crippen LogP contribution in [-0.4, -0.2) is 46.1 Å². The molecule has 0 radical (unpaired) electrons. The van der Waals surface area contributed by atoms with Crippen molar-refractivity contribution in [1.82, 2.24) is 9.97 Å². The molecule has 0 unspecified atom stereocenters. The lowest BCUT2D eigenvalue weighted by Crippen LogP contribution is -2.30. The highest BCUT2D eigenvalue weighted by Crippen LogP contribution is 2.41. The molecule has 12 heteroatoms. The number of nitrogens with zero attached hydrogens (tertiary/aromatic N) is 2. The van der Waals surface area contributed by atoms with Crippen molar-refractivity contribution in [3.05, 3.63) is 118 Å². The lowest BCUT2D eigenvalue weighted by atomic mass is 9.87. The van der Waals surface area contributed by atoms with Crippen LogP contribution in [-0.2, 0) is 54.3 Å². The third kappa shape index (κ3) is 12.2. The van der Waals surface area contributed by atoms with Gasteiger partial charge in [-0.25, -0.2) is 9.97 Å². The number of hydrogen-bond donors (Lipinski definition) is 0. The molecule has 6 aromatic rings. The molecule has 2 aliphatic carbocycles. The minimum atomic E-state index is -0.391. The molecule has 2 saturated carbocycles. The molecule has 2 fully saturated rings. The van der Waals surface area contributed by atoms with Crippen LogP contribution >= 0.6 is 22.7 Å². The zero-order valence-electron chi connectivity index (χ0n) is 37.8. The van der Waals surface area contributed by atoms with E-state index < -0.39 is 11.9 Å². The summed E-state index contributed by atoms with van der Waals surface area (Å²) in [5.74, 6) is -1.55. The molecule has 0 saturated heterocycles. The van der Waals surface area contributed by atoms with Crippen LogP contribution in [0.1, 0.15) is 113 Å². The van der Waals surface area contributed by atoms with Gasteiger partial charge in [-0.05, 0) is 134 Å². The molecule has 0 atom stereocenters. The Labute approximate surface area is 395 Å². The van der Waals surface area contributed by atoms with Crippen LogP contribution in [0.5, 0.6) is 11.5 Å². The molecule has 0 N–H and O–H groups in total. The third-order valence-corrected chi connectivity index (χ3v) is 14.4. The first kappa shape index (κ1) is 46.8. The van der Waals surface area contributed by atoms with Crippen molar-refractivity contribution >= 4 is 57.6 Å². The average molecular weight is 927 g/mol. The van der Waals surface area contributed by atoms with Gasteiger partial charge < -0.3 is 18.9 Å². The predicted octanol–water partition coefficient (Wildman–Crippen LogP) is 12.3. The fourth-order valence-electron chi connectivity index (χ4n) is 8.94. The molecular weight excluding hydrogens is 869 g/mol. The number of aryl methyl sites for hydroxylation is 4. The number of rotatable bonds is 18. The molecule has 3 aromatic carbocycles. The first-order chi connectivity index (χ1) is 32.2. The molecule has 66 heavy (non-hydrogen) atoms. The number of aromatic nitrogens is 2. The second kappa shape index (κ2) is 22.7. The van der Waals surface area contributed by atoms with Gasteiger partial charge in [0.15, 0.2) is 11.5 Å². The molecule has 0 bridgehead atoms. The molecular formula is C54H58N2O8S2. The lowest BCUT2D eigenvalue weighted by Gasteiger charge is -2.27. The van der Waals surface area contributed by atoms with Crippen LogP contribution in [0.15, 0.2) is 95.7 Å². The number of carbonyl (C=O) groups is 4. The SMILES string of the molecule is CCCc1ccc(CCC(=O)OC2CCC(C(=O)Oc3ccc(OC(=O)C4CCC(OC(=O)CCc5ccc(CCC)cc5)CC4)c4nc(-c5cccs5)c(-c5cccs5)nc34)CC2)cc1. The number of benzene rings is 3. The summed E-state index contributed by atoms with van der Waals surface area (Å²) in [4.78, 5) is 65.2. The summed E-state index contributed by atoms with van der Waals surface area (Å²) in [6.45, 7) is 4.32. The van der Waals surface area contributed by atoms with Gasteiger partial charge in [0, 0.05) is 12.8 Å². The monoisotopic (exact) mass is 926 g/mol. The van der Waals surface area contributed by atoms with E-state index in [1.807, 2.05) is 35.0 Å². The lowest BCUT2D eigenvalue weighted by molar-refractivity contribution is -0.153. The Kier molecular flexibility index (Phi) is 16.1. The van der Waals surface area contributed by atoms with Crippen LogP contribution in [0.2, 0.25) is 0 Å². The van der Waals surface area contributed by atoms with Crippen molar-refractivity contribution in [1.29, 1.82) is 0 Å². The van der Waals surface area contributed by atoms with Crippen molar-refractivity contribution in [2.45, 2.75) is 129 Å². The highest BCUT2D eigenvalue weighted by Gasteiger charge is 2.33. The van der Waals surface area contributed by atoms with E-state index in [0.29, 0.717) is 99.5 Å². The maximum absolute atomic E-state index is 13.8. The number of thiophene rings is 2. The molecule has 344 valence electrons. The van der Waals surface area contributed by atoms with Gasteiger partial charge in [-0.2, -0.15) is 0 Å². The summed E-state index contributed by atoms with van der Waals surface area (Å²) in [5, 5.41) is 3.95. The smallest absolute Gasteiger partial charge is 0.314 e. The van der Waals surface area contributed by atoms with E-state index in [1.54, 1.807) is 12.1 Å². The Bertz CT molecular complexity index is 2380. The second-order valence-corrected chi connectivity index (χ2v) is 19.4. The first-order valence-corrected chi connectivity index (χ1v) is 25.4. The predicted molar refractivity (Wildman–Crippen MR) is 259 cm³/mol. The van der Waals surface area contributed by atoms with E-state index in [0.717, 1.165) is 46.6 Å². The van der Waals surface area contributed by atoms with E-state index >= 15 is 0 Å². The number of fused-ring (bicyclic) bond motifs is 1. The highest BCUT2D eigenvalue weighted by molar-refractivity contribution is 7.14. The summed E-state index contributed by atoms with van der Waals surface area (Å²) < 4.78 is 24.0. The Balaban J connectivity index is 0.906. The molecule has 3 aromatic heterocycles. The fourth-order valence-corrected chi connectivity index (χ4v) is 10.4. The fraction of sp³-hybridized carbons (Fsp3) is 0.407. The van der Waals surface area contributed by atoms with E-state index in [1.165, 1.54) is 33.8 Å². The normalized spacial score (nSPS) is 18.4. The number of ether oxygens (including phenoxy) is 4. The van der Waals surface area contributed by atoms with Gasteiger partial charge in [-0.3, -0.25) is 19.2 Å². The van der Waals surface area contributed by atoms with Crippen LogP contribution in [0, 0.1) is 11.8 Å². The van der Waals surface area contributed by atoms with E-state index in [-0.39, 0.29) is 47.5 Å². The van der Waals surface area contributed by atoms with Crippen molar-refractivity contribution < 1.29 is 38.1 Å². The minimum absolute atomic E-state index is 0.225.